The fourth-order valence-corrected chi connectivity index (χ4v) is 5.90. The lowest BCUT2D eigenvalue weighted by atomic mass is 9.95. The summed E-state index contributed by atoms with van der Waals surface area (Å²) >= 11 is 0. The molecule has 0 fully saturated rings. The number of hydrogen-bond acceptors (Lipinski definition) is 8. The lowest BCUT2D eigenvalue weighted by Gasteiger charge is -2.31. The first-order valence-corrected chi connectivity index (χ1v) is 16.3. The molecule has 1 aromatic heterocycles. The molecule has 4 atom stereocenters. The molecule has 0 aliphatic carbocycles. The van der Waals surface area contributed by atoms with Gasteiger partial charge in [0, 0.05) is 32.1 Å². The number of benzene rings is 2. The molecule has 0 radical (unpaired) electrons. The molecule has 3 heterocycles. The molecule has 0 spiro atoms. The maximum absolute atomic E-state index is 13.9. The second-order valence-corrected chi connectivity index (χ2v) is 12.8. The molecule has 0 unspecified atom stereocenters. The smallest absolute Gasteiger partial charge is 0.274 e. The van der Waals surface area contributed by atoms with Crippen molar-refractivity contribution in [1.82, 2.24) is 36.6 Å². The van der Waals surface area contributed by atoms with Gasteiger partial charge in [-0.1, -0.05) is 73.6 Å². The summed E-state index contributed by atoms with van der Waals surface area (Å²) in [6.45, 7) is 6.07. The van der Waals surface area contributed by atoms with Gasteiger partial charge in [-0.15, -0.1) is 0 Å². The van der Waals surface area contributed by atoms with Gasteiger partial charge in [-0.25, -0.2) is 0 Å². The van der Waals surface area contributed by atoms with Crippen molar-refractivity contribution in [3.05, 3.63) is 88.8 Å². The van der Waals surface area contributed by atoms with Crippen molar-refractivity contribution in [3.63, 3.8) is 0 Å². The predicted molar refractivity (Wildman–Crippen MR) is 176 cm³/mol. The van der Waals surface area contributed by atoms with Crippen LogP contribution in [0.2, 0.25) is 0 Å². The van der Waals surface area contributed by atoms with Crippen molar-refractivity contribution in [2.75, 3.05) is 13.1 Å². The third kappa shape index (κ3) is 8.85. The minimum absolute atomic E-state index is 0.00802. The van der Waals surface area contributed by atoms with E-state index in [2.05, 4.69) is 31.7 Å². The third-order valence-corrected chi connectivity index (χ3v) is 8.51. The van der Waals surface area contributed by atoms with Crippen molar-refractivity contribution in [3.8, 4) is 0 Å². The van der Waals surface area contributed by atoms with E-state index in [0.717, 1.165) is 16.7 Å². The van der Waals surface area contributed by atoms with E-state index in [9.17, 15) is 24.0 Å². The second-order valence-electron chi connectivity index (χ2n) is 12.8. The Hall–Kier alpha value is -5.04. The lowest BCUT2D eigenvalue weighted by molar-refractivity contribution is -0.135. The summed E-state index contributed by atoms with van der Waals surface area (Å²) in [6.07, 6.45) is 1.01. The van der Waals surface area contributed by atoms with Gasteiger partial charge in [-0.3, -0.25) is 24.0 Å². The molecule has 2 bridgehead atoms. The molecule has 2 aliphatic rings. The molecule has 48 heavy (non-hydrogen) atoms. The van der Waals surface area contributed by atoms with Gasteiger partial charge < -0.3 is 36.0 Å². The van der Waals surface area contributed by atoms with Crippen LogP contribution in [0.3, 0.4) is 0 Å². The van der Waals surface area contributed by atoms with E-state index in [1.165, 1.54) is 13.0 Å². The van der Waals surface area contributed by atoms with Gasteiger partial charge in [0.05, 0.1) is 12.6 Å². The molecular formula is C35H43N7O6. The summed E-state index contributed by atoms with van der Waals surface area (Å²) < 4.78 is 5.45. The van der Waals surface area contributed by atoms with E-state index < -0.39 is 47.8 Å². The Morgan fingerprint density at radius 2 is 1.62 bits per heavy atom. The molecule has 0 saturated carbocycles. The first kappa shape index (κ1) is 34.3. The zero-order chi connectivity index (χ0) is 34.2. The number of hydrogen-bond donors (Lipinski definition) is 5. The third-order valence-electron chi connectivity index (χ3n) is 8.51. The zero-order valence-corrected chi connectivity index (χ0v) is 27.5. The highest BCUT2D eigenvalue weighted by Gasteiger charge is 2.32. The Morgan fingerprint density at radius 1 is 0.917 bits per heavy atom. The average Bonchev–Trinajstić information content (AvgIpc) is 3.55. The van der Waals surface area contributed by atoms with E-state index in [0.29, 0.717) is 19.4 Å². The summed E-state index contributed by atoms with van der Waals surface area (Å²) in [4.78, 5) is 68.9. The van der Waals surface area contributed by atoms with Crippen LogP contribution in [-0.4, -0.2) is 76.8 Å². The van der Waals surface area contributed by atoms with Crippen LogP contribution >= 0.6 is 0 Å². The number of amides is 5. The van der Waals surface area contributed by atoms with Crippen LogP contribution in [0.4, 0.5) is 0 Å². The normalized spacial score (nSPS) is 22.8. The van der Waals surface area contributed by atoms with Crippen LogP contribution in [0.25, 0.3) is 0 Å². The Kier molecular flexibility index (Phi) is 11.2. The molecule has 5 rings (SSSR count). The monoisotopic (exact) mass is 657 g/mol. The van der Waals surface area contributed by atoms with Crippen molar-refractivity contribution >= 4 is 29.5 Å². The van der Waals surface area contributed by atoms with E-state index in [1.54, 1.807) is 4.90 Å². The highest BCUT2D eigenvalue weighted by atomic mass is 16.5. The Morgan fingerprint density at radius 3 is 2.38 bits per heavy atom. The minimum atomic E-state index is -1.01. The first-order chi connectivity index (χ1) is 23.1. The van der Waals surface area contributed by atoms with Crippen LogP contribution in [0.5, 0.6) is 0 Å². The maximum atomic E-state index is 13.9. The van der Waals surface area contributed by atoms with E-state index >= 15 is 0 Å². The fraction of sp³-hybridized carbons (Fsp3) is 0.429. The minimum Gasteiger partial charge on any atom is -0.359 e. The van der Waals surface area contributed by atoms with E-state index in [1.807, 2.05) is 68.4 Å². The largest absolute Gasteiger partial charge is 0.359 e. The molecular weight excluding hydrogens is 614 g/mol. The quantitative estimate of drug-likeness (QED) is 0.272. The molecule has 13 nitrogen and oxygen atoms in total. The summed E-state index contributed by atoms with van der Waals surface area (Å²) in [5, 5.41) is 18.3. The summed E-state index contributed by atoms with van der Waals surface area (Å²) in [5.41, 5.74) is 2.99. The number of rotatable bonds is 5. The molecule has 3 aromatic rings. The standard InChI is InChI=1S/C35H43N7O6/c1-21(2)15-27-33(45)40-28(16-23-9-5-4-6-10-23)32(44)36-13-14-42(35(47)30-17-24-11-7-8-12-25(24)19-37-30)20-26-18-29(41-48-26)34(46)38-22(3)31(43)39-27/h4-12,18,21-22,27-28,30,37H,13-17,19-20H2,1-3H3,(H,36,44)(H,38,46)(H,39,43)(H,40,45)/t22-,27-,28-,30-/m1/s1. The zero-order valence-electron chi connectivity index (χ0n) is 27.5. The number of carbonyl (C=O) groups excluding carboxylic acids is 5. The Labute approximate surface area is 279 Å². The van der Waals surface area contributed by atoms with Crippen LogP contribution < -0.4 is 26.6 Å². The molecule has 2 aliphatic heterocycles. The van der Waals surface area contributed by atoms with Crippen molar-refractivity contribution in [1.29, 1.82) is 0 Å². The molecule has 254 valence electrons. The summed E-state index contributed by atoms with van der Waals surface area (Å²) in [5.74, 6) is -2.06. The van der Waals surface area contributed by atoms with Gasteiger partial charge in [0.2, 0.25) is 23.6 Å². The number of aromatic nitrogens is 1. The van der Waals surface area contributed by atoms with Crippen molar-refractivity contribution in [2.24, 2.45) is 5.92 Å². The van der Waals surface area contributed by atoms with Crippen LogP contribution in [-0.2, 0) is 45.1 Å². The number of nitrogens with zero attached hydrogens (tertiary/aromatic N) is 2. The topological polar surface area (TPSA) is 175 Å². The second kappa shape index (κ2) is 15.7. The van der Waals surface area contributed by atoms with Gasteiger partial charge in [0.25, 0.3) is 5.91 Å². The van der Waals surface area contributed by atoms with Crippen LogP contribution in [0.15, 0.2) is 65.2 Å². The summed E-state index contributed by atoms with van der Waals surface area (Å²) in [6, 6.07) is 15.2. The number of fused-ring (bicyclic) bond motifs is 3. The van der Waals surface area contributed by atoms with Gasteiger partial charge in [-0.2, -0.15) is 0 Å². The number of nitrogens with one attached hydrogen (secondary N) is 5. The fourth-order valence-electron chi connectivity index (χ4n) is 5.90. The van der Waals surface area contributed by atoms with Crippen molar-refractivity contribution < 1.29 is 28.5 Å². The molecule has 5 N–H and O–H groups in total. The van der Waals surface area contributed by atoms with Crippen LogP contribution in [0, 0.1) is 5.92 Å². The highest BCUT2D eigenvalue weighted by molar-refractivity contribution is 5.97. The predicted octanol–water partition coefficient (Wildman–Crippen LogP) is 1.22. The van der Waals surface area contributed by atoms with E-state index in [4.69, 9.17) is 4.52 Å². The lowest BCUT2D eigenvalue weighted by Crippen LogP contribution is -2.57. The van der Waals surface area contributed by atoms with Gasteiger partial charge in [0.15, 0.2) is 11.5 Å². The molecule has 13 heteroatoms. The highest BCUT2D eigenvalue weighted by Crippen LogP contribution is 2.19. The molecule has 0 saturated heterocycles. The first-order valence-electron chi connectivity index (χ1n) is 16.3. The molecule has 5 amide bonds. The van der Waals surface area contributed by atoms with Crippen molar-refractivity contribution in [2.45, 2.75) is 77.3 Å². The van der Waals surface area contributed by atoms with E-state index in [-0.39, 0.29) is 49.3 Å². The average molecular weight is 658 g/mol. The molecule has 2 aromatic carbocycles. The number of carbonyl (C=O) groups is 5. The van der Waals surface area contributed by atoms with Gasteiger partial charge >= 0.3 is 0 Å². The Balaban J connectivity index is 1.41. The Bertz CT molecular complexity index is 1620. The van der Waals surface area contributed by atoms with Gasteiger partial charge in [-0.05, 0) is 42.4 Å². The maximum Gasteiger partial charge on any atom is 0.274 e. The van der Waals surface area contributed by atoms with Gasteiger partial charge in [0.1, 0.15) is 18.1 Å². The van der Waals surface area contributed by atoms with Crippen LogP contribution in [0.1, 0.15) is 60.1 Å². The SMILES string of the molecule is CC(C)C[C@H]1NC(=O)[C@@H](C)NC(=O)c2cc(on2)CN(C(=O)[C@H]2Cc3ccccc3CN2)CCNC(=O)[C@@H](Cc2ccccc2)NC1=O. The summed E-state index contributed by atoms with van der Waals surface area (Å²) in [7, 11) is 0.